The lowest BCUT2D eigenvalue weighted by molar-refractivity contribution is 0.0372. The van der Waals surface area contributed by atoms with Crippen LogP contribution in [0.5, 0.6) is 5.75 Å². The minimum Gasteiger partial charge on any atom is -0.489 e. The molecule has 1 aliphatic heterocycles. The molecule has 28 heavy (non-hydrogen) atoms. The first-order chi connectivity index (χ1) is 13.2. The number of hydrogen-bond donors (Lipinski definition) is 2. The highest BCUT2D eigenvalue weighted by Crippen LogP contribution is 2.14. The van der Waals surface area contributed by atoms with Gasteiger partial charge >= 0.3 is 0 Å². The van der Waals surface area contributed by atoms with Crippen LogP contribution in [0.4, 0.5) is 4.39 Å². The number of guanidine groups is 1. The predicted octanol–water partition coefficient (Wildman–Crippen LogP) is 2.88. The molecule has 1 fully saturated rings. The van der Waals surface area contributed by atoms with Crippen LogP contribution >= 0.6 is 24.0 Å². The Balaban J connectivity index is 0.00000392. The van der Waals surface area contributed by atoms with Crippen molar-refractivity contribution in [2.75, 3.05) is 53.0 Å². The fraction of sp³-hybridized carbons (Fsp3) is 0.650. The second kappa shape index (κ2) is 14.8. The normalized spacial score (nSPS) is 16.2. The number of nitrogens with one attached hydrogen (secondary N) is 2. The molecule has 6 nitrogen and oxygen atoms in total. The molecule has 1 saturated heterocycles. The molecule has 0 saturated carbocycles. The lowest BCUT2D eigenvalue weighted by Crippen LogP contribution is -2.43. The number of halogens is 2. The van der Waals surface area contributed by atoms with Crippen LogP contribution in [0.25, 0.3) is 0 Å². The van der Waals surface area contributed by atoms with Gasteiger partial charge in [0.25, 0.3) is 0 Å². The van der Waals surface area contributed by atoms with Gasteiger partial charge in [-0.05, 0) is 37.9 Å². The number of unbranched alkanes of at least 4 members (excludes halogenated alkanes) is 1. The van der Waals surface area contributed by atoms with E-state index in [2.05, 4.69) is 20.5 Å². The maximum Gasteiger partial charge on any atom is 0.191 e. The van der Waals surface area contributed by atoms with Crippen LogP contribution < -0.4 is 15.4 Å². The molecule has 0 aliphatic carbocycles. The van der Waals surface area contributed by atoms with Crippen LogP contribution in [-0.4, -0.2) is 69.9 Å². The number of nitrogens with zero attached hydrogens (tertiary/aromatic N) is 2. The van der Waals surface area contributed by atoms with Gasteiger partial charge in [-0.3, -0.25) is 9.89 Å². The van der Waals surface area contributed by atoms with Crippen LogP contribution in [0.2, 0.25) is 0 Å². The Bertz CT molecular complexity index is 571. The molecule has 1 aromatic carbocycles. The largest absolute Gasteiger partial charge is 0.489 e. The van der Waals surface area contributed by atoms with Gasteiger partial charge in [0.05, 0.1) is 19.8 Å². The van der Waals surface area contributed by atoms with E-state index in [9.17, 15) is 4.39 Å². The van der Waals surface area contributed by atoms with Crippen molar-refractivity contribution in [2.24, 2.45) is 4.99 Å². The molecule has 0 amide bonds. The van der Waals surface area contributed by atoms with Crippen molar-refractivity contribution in [1.29, 1.82) is 0 Å². The molecule has 160 valence electrons. The first kappa shape index (κ1) is 24.9. The highest BCUT2D eigenvalue weighted by atomic mass is 127. The van der Waals surface area contributed by atoms with Crippen molar-refractivity contribution in [3.63, 3.8) is 0 Å². The van der Waals surface area contributed by atoms with Crippen LogP contribution in [0.1, 0.15) is 26.2 Å². The fourth-order valence-corrected chi connectivity index (χ4v) is 2.93. The summed E-state index contributed by atoms with van der Waals surface area (Å²) in [6, 6.07) is 6.25. The van der Waals surface area contributed by atoms with Crippen LogP contribution in [0, 0.1) is 5.82 Å². The Morgan fingerprint density at radius 1 is 1.29 bits per heavy atom. The zero-order chi connectivity index (χ0) is 19.3. The lowest BCUT2D eigenvalue weighted by atomic mass is 10.2. The molecule has 0 spiro atoms. The van der Waals surface area contributed by atoms with Gasteiger partial charge in [-0.25, -0.2) is 4.39 Å². The van der Waals surface area contributed by atoms with Crippen molar-refractivity contribution in [1.82, 2.24) is 15.5 Å². The van der Waals surface area contributed by atoms with Crippen LogP contribution in [-0.2, 0) is 4.74 Å². The molecule has 1 heterocycles. The van der Waals surface area contributed by atoms with E-state index in [1.54, 1.807) is 19.2 Å². The topological polar surface area (TPSA) is 58.1 Å². The Labute approximate surface area is 185 Å². The number of ether oxygens (including phenoxy) is 2. The highest BCUT2D eigenvalue weighted by Gasteiger charge is 2.11. The van der Waals surface area contributed by atoms with E-state index in [0.717, 1.165) is 64.6 Å². The fourth-order valence-electron chi connectivity index (χ4n) is 2.93. The summed E-state index contributed by atoms with van der Waals surface area (Å²) in [6.07, 6.45) is 3.02. The van der Waals surface area contributed by atoms with Gasteiger partial charge in [-0.15, -0.1) is 24.0 Å². The molecule has 2 rings (SSSR count). The third-order valence-electron chi connectivity index (χ3n) is 4.57. The number of benzene rings is 1. The quantitative estimate of drug-likeness (QED) is 0.220. The van der Waals surface area contributed by atoms with Gasteiger partial charge in [0.2, 0.25) is 0 Å². The van der Waals surface area contributed by atoms with Crippen molar-refractivity contribution in [2.45, 2.75) is 32.3 Å². The molecule has 0 bridgehead atoms. The summed E-state index contributed by atoms with van der Waals surface area (Å²) in [7, 11) is 1.76. The van der Waals surface area contributed by atoms with Gasteiger partial charge < -0.3 is 20.1 Å². The lowest BCUT2D eigenvalue weighted by Gasteiger charge is -2.26. The van der Waals surface area contributed by atoms with E-state index in [1.807, 2.05) is 6.92 Å². The highest BCUT2D eigenvalue weighted by molar-refractivity contribution is 14.0. The van der Waals surface area contributed by atoms with Gasteiger partial charge in [-0.2, -0.15) is 0 Å². The molecule has 8 heteroatoms. The van der Waals surface area contributed by atoms with E-state index < -0.39 is 0 Å². The summed E-state index contributed by atoms with van der Waals surface area (Å²) >= 11 is 0. The second-order valence-corrected chi connectivity index (χ2v) is 6.65. The minimum atomic E-state index is -0.287. The minimum absolute atomic E-state index is 0. The molecular weight excluding hydrogens is 474 g/mol. The predicted molar refractivity (Wildman–Crippen MR) is 122 cm³/mol. The van der Waals surface area contributed by atoms with Crippen molar-refractivity contribution in [3.8, 4) is 5.75 Å². The SMILES string of the molecule is CCC(CNC(=NC)NCCCCN1CCOCC1)Oc1cccc(F)c1.I. The smallest absolute Gasteiger partial charge is 0.191 e. The molecule has 0 radical (unpaired) electrons. The van der Waals surface area contributed by atoms with Gasteiger partial charge in [0.15, 0.2) is 5.96 Å². The summed E-state index contributed by atoms with van der Waals surface area (Å²) in [5.41, 5.74) is 0. The van der Waals surface area contributed by atoms with E-state index in [4.69, 9.17) is 9.47 Å². The zero-order valence-corrected chi connectivity index (χ0v) is 19.3. The number of aliphatic imine (C=N–C) groups is 1. The van der Waals surface area contributed by atoms with Crippen molar-refractivity contribution >= 4 is 29.9 Å². The summed E-state index contributed by atoms with van der Waals surface area (Å²) in [5.74, 6) is 1.03. The Morgan fingerprint density at radius 3 is 2.75 bits per heavy atom. The maximum atomic E-state index is 13.3. The van der Waals surface area contributed by atoms with E-state index in [0.29, 0.717) is 12.3 Å². The molecule has 1 aliphatic rings. The maximum absolute atomic E-state index is 13.3. The third kappa shape index (κ3) is 9.88. The Morgan fingerprint density at radius 2 is 2.07 bits per heavy atom. The molecule has 2 N–H and O–H groups in total. The van der Waals surface area contributed by atoms with Gasteiger partial charge in [0.1, 0.15) is 17.7 Å². The average Bonchev–Trinajstić information content (AvgIpc) is 2.69. The molecular formula is C20H34FIN4O2. The number of morpholine rings is 1. The van der Waals surface area contributed by atoms with E-state index in [1.165, 1.54) is 12.1 Å². The molecule has 0 aromatic heterocycles. The van der Waals surface area contributed by atoms with Crippen LogP contribution in [0.3, 0.4) is 0 Å². The Hall–Kier alpha value is -1.13. The van der Waals surface area contributed by atoms with Crippen molar-refractivity contribution in [3.05, 3.63) is 30.1 Å². The second-order valence-electron chi connectivity index (χ2n) is 6.65. The van der Waals surface area contributed by atoms with E-state index in [-0.39, 0.29) is 35.9 Å². The standard InChI is InChI=1S/C20H33FN4O2.HI/c1-3-18(27-19-8-6-7-17(21)15-19)16-24-20(22-2)23-9-4-5-10-25-11-13-26-14-12-25;/h6-8,15,18H,3-5,9-14,16H2,1-2H3,(H2,22,23,24);1H. The molecule has 1 atom stereocenters. The number of hydrogen-bond acceptors (Lipinski definition) is 4. The van der Waals surface area contributed by atoms with Gasteiger partial charge in [-0.1, -0.05) is 13.0 Å². The van der Waals surface area contributed by atoms with E-state index >= 15 is 0 Å². The zero-order valence-electron chi connectivity index (χ0n) is 17.0. The Kier molecular flexibility index (Phi) is 13.2. The molecule has 1 aromatic rings. The van der Waals surface area contributed by atoms with Crippen LogP contribution in [0.15, 0.2) is 29.3 Å². The summed E-state index contributed by atoms with van der Waals surface area (Å²) in [4.78, 5) is 6.71. The van der Waals surface area contributed by atoms with Gasteiger partial charge in [0, 0.05) is 32.7 Å². The monoisotopic (exact) mass is 508 g/mol. The summed E-state index contributed by atoms with van der Waals surface area (Å²) in [5, 5.41) is 6.63. The average molecular weight is 508 g/mol. The first-order valence-electron chi connectivity index (χ1n) is 9.88. The first-order valence-corrected chi connectivity index (χ1v) is 9.88. The number of rotatable bonds is 10. The summed E-state index contributed by atoms with van der Waals surface area (Å²) < 4.78 is 24.5. The van der Waals surface area contributed by atoms with Crippen molar-refractivity contribution < 1.29 is 13.9 Å². The summed E-state index contributed by atoms with van der Waals surface area (Å²) in [6.45, 7) is 8.45. The third-order valence-corrected chi connectivity index (χ3v) is 4.57. The molecule has 1 unspecified atom stereocenters.